The largest absolute Gasteiger partial charge is 0.444 e. The number of hydrogen-bond acceptors (Lipinski definition) is 8. The summed E-state index contributed by atoms with van der Waals surface area (Å²) in [7, 11) is -2.55. The summed E-state index contributed by atoms with van der Waals surface area (Å²) in [5.41, 5.74) is 3.17. The van der Waals surface area contributed by atoms with Crippen LogP contribution in [0.2, 0.25) is 51.4 Å². The van der Waals surface area contributed by atoms with Crippen molar-refractivity contribution in [2.24, 2.45) is 0 Å². The third kappa shape index (κ3) is 9.89. The molecule has 2 bridgehead atoms. The standard InChI is InChI=1S/C36H57FN6O4Si2/c1-36(2,3)47-35(44)42-29-12-13-30(42)19-27(18-29)32-20-33(41(24-45-14-16-48(4,5)6)25-46-15-17-49(7,8)9)43-34(40-32)31(23-39-43)26-10-11-28(21-37)38-22-26/h10-11,20,22-23,27,29-30H,12-19,21,24-25H2,1-9H3/t27-,29+,30-. The SMILES string of the molecule is CC(C)(C)OC(=O)N1[C@@H]2CC[C@H]1C[C@@H](c1cc(N(COCC[Si](C)(C)C)COCC[Si](C)(C)C)n3ncc(-c4ccc(CF)nc4)c3n1)C2. The lowest BCUT2D eigenvalue weighted by atomic mass is 9.88. The van der Waals surface area contributed by atoms with E-state index in [2.05, 4.69) is 55.2 Å². The second-order valence-electron chi connectivity index (χ2n) is 17.2. The van der Waals surface area contributed by atoms with Gasteiger partial charge in [0.25, 0.3) is 0 Å². The summed E-state index contributed by atoms with van der Waals surface area (Å²) in [4.78, 5) is 26.9. The van der Waals surface area contributed by atoms with Crippen LogP contribution in [0.5, 0.6) is 0 Å². The zero-order chi connectivity index (χ0) is 35.6. The number of anilines is 1. The first-order valence-corrected chi connectivity index (χ1v) is 25.2. The van der Waals surface area contributed by atoms with Gasteiger partial charge in [0.05, 0.1) is 11.9 Å². The van der Waals surface area contributed by atoms with E-state index in [-0.39, 0.29) is 24.1 Å². The molecule has 49 heavy (non-hydrogen) atoms. The molecule has 13 heteroatoms. The molecular formula is C36H57FN6O4Si2. The summed E-state index contributed by atoms with van der Waals surface area (Å²) in [5.74, 6) is 1.000. The van der Waals surface area contributed by atoms with Crippen molar-refractivity contribution in [3.63, 3.8) is 0 Å². The number of hydrogen-bond donors (Lipinski definition) is 0. The molecule has 10 nitrogen and oxygen atoms in total. The number of nitrogens with zero attached hydrogens (tertiary/aromatic N) is 6. The molecule has 0 unspecified atom stereocenters. The maximum Gasteiger partial charge on any atom is 0.410 e. The van der Waals surface area contributed by atoms with Crippen LogP contribution < -0.4 is 4.90 Å². The molecule has 3 aromatic rings. The van der Waals surface area contributed by atoms with Crippen LogP contribution in [0.25, 0.3) is 16.8 Å². The molecule has 3 atom stereocenters. The van der Waals surface area contributed by atoms with Crippen molar-refractivity contribution in [2.45, 2.75) is 128 Å². The van der Waals surface area contributed by atoms with E-state index in [0.29, 0.717) is 38.0 Å². The van der Waals surface area contributed by atoms with E-state index in [9.17, 15) is 9.18 Å². The molecule has 0 spiro atoms. The first-order chi connectivity index (χ1) is 23.0. The topological polar surface area (TPSA) is 94.3 Å². The van der Waals surface area contributed by atoms with Gasteiger partial charge in [0.1, 0.15) is 31.6 Å². The number of alkyl halides is 1. The Morgan fingerprint density at radius 3 is 2.08 bits per heavy atom. The number of aromatic nitrogens is 4. The van der Waals surface area contributed by atoms with Gasteiger partial charge in [-0.15, -0.1) is 0 Å². The lowest BCUT2D eigenvalue weighted by molar-refractivity contribution is 0.00569. The molecule has 2 saturated heterocycles. The average molecular weight is 713 g/mol. The first-order valence-electron chi connectivity index (χ1n) is 17.8. The van der Waals surface area contributed by atoms with Gasteiger partial charge in [-0.05, 0) is 64.6 Å². The van der Waals surface area contributed by atoms with Crippen molar-refractivity contribution in [2.75, 3.05) is 31.6 Å². The van der Waals surface area contributed by atoms with Crippen LogP contribution in [0.4, 0.5) is 15.0 Å². The molecule has 0 N–H and O–H groups in total. The number of carbonyl (C=O) groups excluding carboxylic acids is 1. The summed E-state index contributed by atoms with van der Waals surface area (Å²) in [5, 5.41) is 4.84. The third-order valence-electron chi connectivity index (χ3n) is 9.31. The zero-order valence-electron chi connectivity index (χ0n) is 31.1. The fourth-order valence-electron chi connectivity index (χ4n) is 6.57. The van der Waals surface area contributed by atoms with Gasteiger partial charge >= 0.3 is 6.09 Å². The van der Waals surface area contributed by atoms with E-state index in [1.165, 1.54) is 0 Å². The Morgan fingerprint density at radius 1 is 0.959 bits per heavy atom. The fourth-order valence-corrected chi connectivity index (χ4v) is 8.09. The molecule has 0 saturated carbocycles. The molecule has 2 aliphatic heterocycles. The predicted molar refractivity (Wildman–Crippen MR) is 198 cm³/mol. The Bertz CT molecular complexity index is 1530. The normalized spacial score (nSPS) is 19.9. The van der Waals surface area contributed by atoms with Crippen LogP contribution in [0.1, 0.15) is 63.8 Å². The van der Waals surface area contributed by atoms with Gasteiger partial charge in [-0.1, -0.05) is 45.3 Å². The smallest absolute Gasteiger partial charge is 0.410 e. The summed E-state index contributed by atoms with van der Waals surface area (Å²) < 4.78 is 33.6. The maximum atomic E-state index is 13.3. The summed E-state index contributed by atoms with van der Waals surface area (Å²) >= 11 is 0. The summed E-state index contributed by atoms with van der Waals surface area (Å²) in [6.45, 7) is 21.4. The van der Waals surface area contributed by atoms with Crippen LogP contribution in [-0.4, -0.2) is 91.1 Å². The molecule has 2 aliphatic rings. The molecule has 3 aromatic heterocycles. The van der Waals surface area contributed by atoms with Gasteiger partial charge in [-0.25, -0.2) is 14.2 Å². The quantitative estimate of drug-likeness (QED) is 0.0936. The van der Waals surface area contributed by atoms with Crippen LogP contribution in [0.15, 0.2) is 30.6 Å². The Morgan fingerprint density at radius 2 is 1.57 bits per heavy atom. The molecule has 2 fully saturated rings. The number of rotatable bonds is 14. The number of carbonyl (C=O) groups is 1. The lowest BCUT2D eigenvalue weighted by Crippen LogP contribution is -2.48. The zero-order valence-corrected chi connectivity index (χ0v) is 33.1. The Labute approximate surface area is 293 Å². The Hall–Kier alpha value is -2.88. The van der Waals surface area contributed by atoms with E-state index in [0.717, 1.165) is 60.4 Å². The van der Waals surface area contributed by atoms with E-state index in [1.807, 2.05) is 42.4 Å². The van der Waals surface area contributed by atoms with Crippen molar-refractivity contribution in [3.8, 4) is 11.1 Å². The highest BCUT2D eigenvalue weighted by atomic mass is 28.3. The minimum Gasteiger partial charge on any atom is -0.444 e. The lowest BCUT2D eigenvalue weighted by Gasteiger charge is -2.39. The van der Waals surface area contributed by atoms with Crippen LogP contribution in [-0.2, 0) is 20.9 Å². The maximum absolute atomic E-state index is 13.3. The first kappa shape index (κ1) is 37.4. The molecule has 270 valence electrons. The van der Waals surface area contributed by atoms with Crippen LogP contribution in [0.3, 0.4) is 0 Å². The number of piperidine rings is 1. The van der Waals surface area contributed by atoms with Crippen molar-refractivity contribution in [1.29, 1.82) is 0 Å². The van der Waals surface area contributed by atoms with Gasteiger partial charge < -0.3 is 24.0 Å². The van der Waals surface area contributed by atoms with Crippen molar-refractivity contribution in [3.05, 3.63) is 42.0 Å². The average Bonchev–Trinajstić information content (AvgIpc) is 3.56. The van der Waals surface area contributed by atoms with Gasteiger partial charge in [0.15, 0.2) is 5.65 Å². The molecule has 5 heterocycles. The van der Waals surface area contributed by atoms with Gasteiger partial charge in [0, 0.05) is 76.4 Å². The van der Waals surface area contributed by atoms with Gasteiger partial charge in [0.2, 0.25) is 0 Å². The highest BCUT2D eigenvalue weighted by molar-refractivity contribution is 6.76. The van der Waals surface area contributed by atoms with E-state index >= 15 is 0 Å². The van der Waals surface area contributed by atoms with Crippen molar-refractivity contribution in [1.82, 2.24) is 24.5 Å². The number of pyridine rings is 1. The second kappa shape index (κ2) is 15.2. The van der Waals surface area contributed by atoms with Crippen LogP contribution >= 0.6 is 0 Å². The van der Waals surface area contributed by atoms with Crippen LogP contribution in [0, 0.1) is 0 Å². The number of ether oxygens (including phenoxy) is 3. The fraction of sp³-hybridized carbons (Fsp3) is 0.667. The minimum absolute atomic E-state index is 0.104. The Kier molecular flexibility index (Phi) is 11.6. The van der Waals surface area contributed by atoms with Crippen molar-refractivity contribution >= 4 is 33.7 Å². The number of halogens is 1. The highest BCUT2D eigenvalue weighted by Crippen LogP contribution is 2.44. The monoisotopic (exact) mass is 712 g/mol. The van der Waals surface area contributed by atoms with E-state index in [1.54, 1.807) is 12.3 Å². The molecule has 0 aromatic carbocycles. The third-order valence-corrected chi connectivity index (χ3v) is 12.7. The molecule has 5 rings (SSSR count). The molecule has 0 aliphatic carbocycles. The summed E-state index contributed by atoms with van der Waals surface area (Å²) in [6.07, 6.45) is 6.83. The van der Waals surface area contributed by atoms with Gasteiger partial charge in [-0.2, -0.15) is 9.61 Å². The molecule has 1 amide bonds. The second-order valence-corrected chi connectivity index (χ2v) is 28.4. The number of amides is 1. The predicted octanol–water partition coefficient (Wildman–Crippen LogP) is 8.34. The minimum atomic E-state index is -1.28. The Balaban J connectivity index is 1.51. The molecule has 0 radical (unpaired) electrons. The molecular weight excluding hydrogens is 656 g/mol. The van der Waals surface area contributed by atoms with E-state index in [4.69, 9.17) is 24.3 Å². The van der Waals surface area contributed by atoms with E-state index < -0.39 is 28.4 Å². The summed E-state index contributed by atoms with van der Waals surface area (Å²) in [6, 6.07) is 8.08. The number of fused-ring (bicyclic) bond motifs is 3. The highest BCUT2D eigenvalue weighted by Gasteiger charge is 2.45. The van der Waals surface area contributed by atoms with Crippen molar-refractivity contribution < 1.29 is 23.4 Å². The van der Waals surface area contributed by atoms with Gasteiger partial charge in [-0.3, -0.25) is 4.98 Å².